The maximum absolute atomic E-state index is 6.22. The molecule has 2 rings (SSSR count). The van der Waals surface area contributed by atoms with Gasteiger partial charge in [0.15, 0.2) is 0 Å². The minimum atomic E-state index is -0.188. The molecular weight excluding hydrogens is 190 g/mol. The molecule has 1 unspecified atom stereocenters. The molecule has 1 aliphatic heterocycles. The van der Waals surface area contributed by atoms with E-state index in [2.05, 4.69) is 6.07 Å². The summed E-state index contributed by atoms with van der Waals surface area (Å²) in [5, 5.41) is 0. The Labute approximate surface area is 90.2 Å². The summed E-state index contributed by atoms with van der Waals surface area (Å²) in [6.45, 7) is 1.44. The third-order valence-corrected chi connectivity index (χ3v) is 2.82. The summed E-state index contributed by atoms with van der Waals surface area (Å²) in [5.41, 5.74) is 7.24. The van der Waals surface area contributed by atoms with Gasteiger partial charge in [0.2, 0.25) is 0 Å². The molecule has 1 aromatic rings. The van der Waals surface area contributed by atoms with Crippen LogP contribution in [0.25, 0.3) is 0 Å². The molecule has 0 aliphatic carbocycles. The van der Waals surface area contributed by atoms with Gasteiger partial charge in [-0.1, -0.05) is 12.1 Å². The number of hydrogen-bond acceptors (Lipinski definition) is 3. The minimum Gasteiger partial charge on any atom is -0.497 e. The average Bonchev–Trinajstić information content (AvgIpc) is 2.65. The van der Waals surface area contributed by atoms with E-state index in [1.807, 2.05) is 18.2 Å². The van der Waals surface area contributed by atoms with Crippen molar-refractivity contribution in [2.75, 3.05) is 20.3 Å². The first-order valence-corrected chi connectivity index (χ1v) is 5.21. The van der Waals surface area contributed by atoms with Crippen LogP contribution in [0.3, 0.4) is 0 Å². The summed E-state index contributed by atoms with van der Waals surface area (Å²) >= 11 is 0. The monoisotopic (exact) mass is 207 g/mol. The highest BCUT2D eigenvalue weighted by atomic mass is 16.5. The van der Waals surface area contributed by atoms with Gasteiger partial charge >= 0.3 is 0 Å². The molecule has 0 aromatic heterocycles. The van der Waals surface area contributed by atoms with E-state index in [0.29, 0.717) is 6.61 Å². The van der Waals surface area contributed by atoms with Gasteiger partial charge in [-0.15, -0.1) is 0 Å². The minimum absolute atomic E-state index is 0.188. The fourth-order valence-corrected chi connectivity index (χ4v) is 1.95. The van der Waals surface area contributed by atoms with Crippen LogP contribution in [0.1, 0.15) is 12.0 Å². The molecule has 0 bridgehead atoms. The van der Waals surface area contributed by atoms with Gasteiger partial charge in [-0.2, -0.15) is 0 Å². The van der Waals surface area contributed by atoms with Crippen molar-refractivity contribution >= 4 is 0 Å². The first-order valence-electron chi connectivity index (χ1n) is 5.21. The summed E-state index contributed by atoms with van der Waals surface area (Å²) < 4.78 is 10.5. The second-order valence-electron chi connectivity index (χ2n) is 4.19. The summed E-state index contributed by atoms with van der Waals surface area (Å²) in [7, 11) is 1.68. The summed E-state index contributed by atoms with van der Waals surface area (Å²) in [6.07, 6.45) is 1.79. The van der Waals surface area contributed by atoms with E-state index in [9.17, 15) is 0 Å². The Hall–Kier alpha value is -1.06. The molecule has 2 N–H and O–H groups in total. The van der Waals surface area contributed by atoms with E-state index >= 15 is 0 Å². The SMILES string of the molecule is COc1cccc(CC2(N)CCOC2)c1. The van der Waals surface area contributed by atoms with E-state index in [1.54, 1.807) is 7.11 Å². The summed E-state index contributed by atoms with van der Waals surface area (Å²) in [4.78, 5) is 0. The lowest BCUT2D eigenvalue weighted by molar-refractivity contribution is 0.178. The molecule has 1 atom stereocenters. The highest BCUT2D eigenvalue weighted by Gasteiger charge is 2.30. The maximum Gasteiger partial charge on any atom is 0.119 e. The van der Waals surface area contributed by atoms with Gasteiger partial charge in [0.05, 0.1) is 13.7 Å². The van der Waals surface area contributed by atoms with Crippen LogP contribution in [-0.4, -0.2) is 25.9 Å². The average molecular weight is 207 g/mol. The third-order valence-electron chi connectivity index (χ3n) is 2.82. The number of rotatable bonds is 3. The van der Waals surface area contributed by atoms with Crippen molar-refractivity contribution in [1.29, 1.82) is 0 Å². The Morgan fingerprint density at radius 2 is 2.40 bits per heavy atom. The van der Waals surface area contributed by atoms with Crippen molar-refractivity contribution in [3.63, 3.8) is 0 Å². The zero-order chi connectivity index (χ0) is 10.7. The Kier molecular flexibility index (Phi) is 2.93. The lowest BCUT2D eigenvalue weighted by Crippen LogP contribution is -2.42. The highest BCUT2D eigenvalue weighted by molar-refractivity contribution is 5.29. The molecule has 1 saturated heterocycles. The van der Waals surface area contributed by atoms with Crippen molar-refractivity contribution in [3.8, 4) is 5.75 Å². The van der Waals surface area contributed by atoms with Crippen molar-refractivity contribution in [2.45, 2.75) is 18.4 Å². The molecule has 0 saturated carbocycles. The number of hydrogen-bond donors (Lipinski definition) is 1. The van der Waals surface area contributed by atoms with Crippen LogP contribution in [0.2, 0.25) is 0 Å². The highest BCUT2D eigenvalue weighted by Crippen LogP contribution is 2.22. The molecule has 3 nitrogen and oxygen atoms in total. The predicted molar refractivity (Wildman–Crippen MR) is 59.1 cm³/mol. The first kappa shape index (κ1) is 10.5. The van der Waals surface area contributed by atoms with Crippen molar-refractivity contribution in [3.05, 3.63) is 29.8 Å². The topological polar surface area (TPSA) is 44.5 Å². The maximum atomic E-state index is 6.22. The lowest BCUT2D eigenvalue weighted by atomic mass is 9.91. The summed E-state index contributed by atoms with van der Waals surface area (Å²) in [5.74, 6) is 0.884. The van der Waals surface area contributed by atoms with Gasteiger partial charge in [-0.25, -0.2) is 0 Å². The second kappa shape index (κ2) is 4.21. The smallest absolute Gasteiger partial charge is 0.119 e. The molecule has 0 radical (unpaired) electrons. The fourth-order valence-electron chi connectivity index (χ4n) is 1.95. The van der Waals surface area contributed by atoms with Gasteiger partial charge in [0, 0.05) is 12.1 Å². The van der Waals surface area contributed by atoms with Crippen LogP contribution in [-0.2, 0) is 11.2 Å². The van der Waals surface area contributed by atoms with Crippen LogP contribution < -0.4 is 10.5 Å². The van der Waals surface area contributed by atoms with E-state index in [4.69, 9.17) is 15.2 Å². The van der Waals surface area contributed by atoms with Gasteiger partial charge in [-0.05, 0) is 30.5 Å². The molecule has 3 heteroatoms. The van der Waals surface area contributed by atoms with E-state index in [0.717, 1.165) is 25.2 Å². The molecule has 0 amide bonds. The van der Waals surface area contributed by atoms with Crippen LogP contribution in [0.5, 0.6) is 5.75 Å². The Balaban J connectivity index is 2.09. The standard InChI is InChI=1S/C12H17NO2/c1-14-11-4-2-3-10(7-11)8-12(13)5-6-15-9-12/h2-4,7H,5-6,8-9,13H2,1H3. The zero-order valence-electron chi connectivity index (χ0n) is 9.03. The molecule has 1 fully saturated rings. The Bertz CT molecular complexity index is 332. The fraction of sp³-hybridized carbons (Fsp3) is 0.500. The number of benzene rings is 1. The number of nitrogens with two attached hydrogens (primary N) is 1. The first-order chi connectivity index (χ1) is 7.22. The Morgan fingerprint density at radius 3 is 3.07 bits per heavy atom. The van der Waals surface area contributed by atoms with Gasteiger partial charge in [0.1, 0.15) is 5.75 Å². The van der Waals surface area contributed by atoms with E-state index < -0.39 is 0 Å². The van der Waals surface area contributed by atoms with Gasteiger partial charge < -0.3 is 15.2 Å². The largest absolute Gasteiger partial charge is 0.497 e. The quantitative estimate of drug-likeness (QED) is 0.813. The normalized spacial score (nSPS) is 25.5. The van der Waals surface area contributed by atoms with Crippen LogP contribution in [0.15, 0.2) is 24.3 Å². The van der Waals surface area contributed by atoms with Crippen LogP contribution in [0, 0.1) is 0 Å². The second-order valence-corrected chi connectivity index (χ2v) is 4.19. The molecule has 0 spiro atoms. The molecule has 1 aliphatic rings. The number of methoxy groups -OCH3 is 1. The van der Waals surface area contributed by atoms with E-state index in [1.165, 1.54) is 5.56 Å². The third kappa shape index (κ3) is 2.49. The molecule has 1 heterocycles. The summed E-state index contributed by atoms with van der Waals surface area (Å²) in [6, 6.07) is 8.05. The van der Waals surface area contributed by atoms with Gasteiger partial charge in [0.25, 0.3) is 0 Å². The Morgan fingerprint density at radius 1 is 1.53 bits per heavy atom. The molecule has 82 valence electrons. The van der Waals surface area contributed by atoms with Crippen LogP contribution >= 0.6 is 0 Å². The van der Waals surface area contributed by atoms with Crippen molar-refractivity contribution < 1.29 is 9.47 Å². The van der Waals surface area contributed by atoms with E-state index in [-0.39, 0.29) is 5.54 Å². The van der Waals surface area contributed by atoms with Gasteiger partial charge in [-0.3, -0.25) is 0 Å². The molecule has 1 aromatic carbocycles. The van der Waals surface area contributed by atoms with Crippen LogP contribution in [0.4, 0.5) is 0 Å². The van der Waals surface area contributed by atoms with Crippen molar-refractivity contribution in [1.82, 2.24) is 0 Å². The molecule has 15 heavy (non-hydrogen) atoms. The van der Waals surface area contributed by atoms with Crippen molar-refractivity contribution in [2.24, 2.45) is 5.73 Å². The lowest BCUT2D eigenvalue weighted by Gasteiger charge is -2.21. The predicted octanol–water partition coefficient (Wildman–Crippen LogP) is 1.36. The number of ether oxygens (including phenoxy) is 2. The molecular formula is C12H17NO2. The zero-order valence-corrected chi connectivity index (χ0v) is 9.03.